The molecule has 86 valence electrons. The molecule has 0 saturated carbocycles. The van der Waals surface area contributed by atoms with Gasteiger partial charge in [-0.2, -0.15) is 0 Å². The summed E-state index contributed by atoms with van der Waals surface area (Å²) in [5.74, 6) is 0.120. The summed E-state index contributed by atoms with van der Waals surface area (Å²) in [6.07, 6.45) is 0.994. The van der Waals surface area contributed by atoms with E-state index < -0.39 is 0 Å². The first kappa shape index (κ1) is 11.1. The molecule has 1 aliphatic rings. The Morgan fingerprint density at radius 3 is 2.88 bits per heavy atom. The number of nitrogens with one attached hydrogen (secondary N) is 1. The van der Waals surface area contributed by atoms with Crippen LogP contribution in [0.3, 0.4) is 0 Å². The minimum absolute atomic E-state index is 0.131. The van der Waals surface area contributed by atoms with Crippen LogP contribution in [0.1, 0.15) is 24.8 Å². The lowest BCUT2D eigenvalue weighted by Crippen LogP contribution is -2.36. The van der Waals surface area contributed by atoms with Gasteiger partial charge in [0.05, 0.1) is 6.61 Å². The molecule has 1 fully saturated rings. The van der Waals surface area contributed by atoms with Crippen molar-refractivity contribution in [2.24, 2.45) is 0 Å². The third-order valence-corrected chi connectivity index (χ3v) is 2.99. The minimum Gasteiger partial charge on any atom is -0.465 e. The first-order valence-corrected chi connectivity index (χ1v) is 5.78. The Balaban J connectivity index is 2.12. The van der Waals surface area contributed by atoms with E-state index in [1.54, 1.807) is 0 Å². The van der Waals surface area contributed by atoms with Crippen LogP contribution in [0.2, 0.25) is 0 Å². The Labute approximate surface area is 95.8 Å². The molecule has 1 aromatic carbocycles. The second-order valence-corrected chi connectivity index (χ2v) is 3.99. The van der Waals surface area contributed by atoms with Crippen LogP contribution in [0.5, 0.6) is 0 Å². The molecule has 16 heavy (non-hydrogen) atoms. The maximum absolute atomic E-state index is 11.7. The molecule has 1 aromatic rings. The molecule has 0 radical (unpaired) electrons. The molecule has 2 atom stereocenters. The molecule has 0 spiro atoms. The van der Waals surface area contributed by atoms with Crippen LogP contribution in [0.4, 0.5) is 0 Å². The number of hydrogen-bond acceptors (Lipinski definition) is 3. The van der Waals surface area contributed by atoms with Gasteiger partial charge in [-0.05, 0) is 25.5 Å². The van der Waals surface area contributed by atoms with E-state index in [-0.39, 0.29) is 17.9 Å². The molecule has 3 heteroatoms. The number of rotatable bonds is 3. The van der Waals surface area contributed by atoms with Crippen molar-refractivity contribution in [3.05, 3.63) is 35.9 Å². The Morgan fingerprint density at radius 2 is 2.19 bits per heavy atom. The van der Waals surface area contributed by atoms with Crippen molar-refractivity contribution in [1.29, 1.82) is 0 Å². The first-order chi connectivity index (χ1) is 7.83. The van der Waals surface area contributed by atoms with Gasteiger partial charge in [-0.3, -0.25) is 4.79 Å². The highest BCUT2D eigenvalue weighted by molar-refractivity contribution is 5.77. The number of ether oxygens (including phenoxy) is 1. The van der Waals surface area contributed by atoms with Crippen LogP contribution >= 0.6 is 0 Å². The minimum atomic E-state index is -0.178. The van der Waals surface area contributed by atoms with Gasteiger partial charge < -0.3 is 10.1 Å². The van der Waals surface area contributed by atoms with Crippen molar-refractivity contribution in [1.82, 2.24) is 5.32 Å². The quantitative estimate of drug-likeness (QED) is 0.786. The van der Waals surface area contributed by atoms with E-state index in [9.17, 15) is 4.79 Å². The normalized spacial score (nSPS) is 24.3. The van der Waals surface area contributed by atoms with E-state index in [0.29, 0.717) is 6.61 Å². The second-order valence-electron chi connectivity index (χ2n) is 3.99. The molecule has 0 bridgehead atoms. The van der Waals surface area contributed by atoms with E-state index in [4.69, 9.17) is 4.74 Å². The Kier molecular flexibility index (Phi) is 3.57. The summed E-state index contributed by atoms with van der Waals surface area (Å²) >= 11 is 0. The maximum Gasteiger partial charge on any atom is 0.323 e. The fraction of sp³-hybridized carbons (Fsp3) is 0.462. The number of carbonyl (C=O) groups is 1. The van der Waals surface area contributed by atoms with Gasteiger partial charge in [0.2, 0.25) is 0 Å². The van der Waals surface area contributed by atoms with Crippen LogP contribution < -0.4 is 5.32 Å². The van der Waals surface area contributed by atoms with E-state index in [2.05, 4.69) is 17.4 Å². The van der Waals surface area contributed by atoms with Gasteiger partial charge in [0, 0.05) is 5.92 Å². The molecule has 1 aliphatic heterocycles. The summed E-state index contributed by atoms with van der Waals surface area (Å²) in [6, 6.07) is 9.98. The Morgan fingerprint density at radius 1 is 1.44 bits per heavy atom. The Hall–Kier alpha value is -1.35. The predicted octanol–water partition coefficient (Wildman–Crippen LogP) is 1.70. The van der Waals surface area contributed by atoms with Gasteiger partial charge in [0.1, 0.15) is 6.04 Å². The summed E-state index contributed by atoms with van der Waals surface area (Å²) < 4.78 is 5.08. The zero-order valence-corrected chi connectivity index (χ0v) is 9.48. The summed E-state index contributed by atoms with van der Waals surface area (Å²) in [5, 5.41) is 3.22. The zero-order valence-electron chi connectivity index (χ0n) is 9.48. The molecule has 0 amide bonds. The highest BCUT2D eigenvalue weighted by atomic mass is 16.5. The van der Waals surface area contributed by atoms with Gasteiger partial charge in [-0.25, -0.2) is 0 Å². The number of esters is 1. The summed E-state index contributed by atoms with van der Waals surface area (Å²) in [7, 11) is 0. The third-order valence-electron chi connectivity index (χ3n) is 2.99. The summed E-state index contributed by atoms with van der Waals surface area (Å²) in [6.45, 7) is 3.16. The van der Waals surface area contributed by atoms with Crippen molar-refractivity contribution in [2.75, 3.05) is 13.2 Å². The average molecular weight is 219 g/mol. The lowest BCUT2D eigenvalue weighted by Gasteiger charge is -2.18. The lowest BCUT2D eigenvalue weighted by molar-refractivity contribution is -0.145. The Bertz CT molecular complexity index is 350. The predicted molar refractivity (Wildman–Crippen MR) is 62.2 cm³/mol. The van der Waals surface area contributed by atoms with E-state index in [0.717, 1.165) is 13.0 Å². The highest BCUT2D eigenvalue weighted by Gasteiger charge is 2.34. The molecule has 0 aromatic heterocycles. The van der Waals surface area contributed by atoms with Gasteiger partial charge in [-0.15, -0.1) is 0 Å². The van der Waals surface area contributed by atoms with Crippen LogP contribution in [-0.2, 0) is 9.53 Å². The lowest BCUT2D eigenvalue weighted by atomic mass is 9.92. The monoisotopic (exact) mass is 219 g/mol. The van der Waals surface area contributed by atoms with Crippen LogP contribution in [-0.4, -0.2) is 25.2 Å². The van der Waals surface area contributed by atoms with Crippen molar-refractivity contribution < 1.29 is 9.53 Å². The van der Waals surface area contributed by atoms with Gasteiger partial charge in [0.25, 0.3) is 0 Å². The molecular formula is C13H17NO2. The molecule has 0 aliphatic carbocycles. The molecule has 1 N–H and O–H groups in total. The molecule has 2 rings (SSSR count). The molecular weight excluding hydrogens is 202 g/mol. The topological polar surface area (TPSA) is 38.3 Å². The van der Waals surface area contributed by atoms with E-state index in [1.807, 2.05) is 25.1 Å². The van der Waals surface area contributed by atoms with Gasteiger partial charge >= 0.3 is 5.97 Å². The largest absolute Gasteiger partial charge is 0.465 e. The second kappa shape index (κ2) is 5.12. The zero-order chi connectivity index (χ0) is 11.4. The SMILES string of the molecule is CCOC(=O)[C@@H]1NCC[C@H]1c1ccccc1. The van der Waals surface area contributed by atoms with E-state index in [1.165, 1.54) is 5.56 Å². The van der Waals surface area contributed by atoms with Gasteiger partial charge in [0.15, 0.2) is 0 Å². The summed E-state index contributed by atoms with van der Waals surface area (Å²) in [5.41, 5.74) is 1.21. The highest BCUT2D eigenvalue weighted by Crippen LogP contribution is 2.28. The van der Waals surface area contributed by atoms with Crippen molar-refractivity contribution in [3.8, 4) is 0 Å². The van der Waals surface area contributed by atoms with Crippen molar-refractivity contribution in [3.63, 3.8) is 0 Å². The van der Waals surface area contributed by atoms with Crippen LogP contribution in [0, 0.1) is 0 Å². The molecule has 0 unspecified atom stereocenters. The smallest absolute Gasteiger partial charge is 0.323 e. The molecule has 1 heterocycles. The van der Waals surface area contributed by atoms with Gasteiger partial charge in [-0.1, -0.05) is 30.3 Å². The van der Waals surface area contributed by atoms with Crippen LogP contribution in [0.25, 0.3) is 0 Å². The van der Waals surface area contributed by atoms with E-state index >= 15 is 0 Å². The number of carbonyl (C=O) groups excluding carboxylic acids is 1. The van der Waals surface area contributed by atoms with Crippen molar-refractivity contribution >= 4 is 5.97 Å². The molecule has 1 saturated heterocycles. The standard InChI is InChI=1S/C13H17NO2/c1-2-16-13(15)12-11(8-9-14-12)10-6-4-3-5-7-10/h3-7,11-12,14H,2,8-9H2,1H3/t11-,12+/m0/s1. The summed E-state index contributed by atoms with van der Waals surface area (Å²) in [4.78, 5) is 11.7. The first-order valence-electron chi connectivity index (χ1n) is 5.78. The maximum atomic E-state index is 11.7. The average Bonchev–Trinajstić information content (AvgIpc) is 2.79. The third kappa shape index (κ3) is 2.25. The van der Waals surface area contributed by atoms with Crippen molar-refractivity contribution in [2.45, 2.75) is 25.3 Å². The molecule has 3 nitrogen and oxygen atoms in total. The fourth-order valence-corrected chi connectivity index (χ4v) is 2.24. The van der Waals surface area contributed by atoms with Crippen LogP contribution in [0.15, 0.2) is 30.3 Å². The number of hydrogen-bond donors (Lipinski definition) is 1. The fourth-order valence-electron chi connectivity index (χ4n) is 2.24. The number of benzene rings is 1.